The van der Waals surface area contributed by atoms with E-state index in [4.69, 9.17) is 0 Å². The number of rotatable bonds is 5. The van der Waals surface area contributed by atoms with E-state index in [9.17, 15) is 0 Å². The molecule has 0 aliphatic heterocycles. The minimum atomic E-state index is -0.139. The predicted octanol–water partition coefficient (Wildman–Crippen LogP) is 12.3. The topological polar surface area (TPSA) is 8.17 Å². The maximum Gasteiger partial charge on any atom is 0.0642 e. The summed E-state index contributed by atoms with van der Waals surface area (Å²) in [5.41, 5.74) is 15.2. The van der Waals surface area contributed by atoms with Crippen molar-refractivity contribution < 1.29 is 0 Å². The lowest BCUT2D eigenvalue weighted by Gasteiger charge is -2.41. The molecule has 3 aliphatic carbocycles. The summed E-state index contributed by atoms with van der Waals surface area (Å²) < 4.78 is 2.49. The minimum Gasteiger partial charge on any atom is -0.332 e. The highest BCUT2D eigenvalue weighted by molar-refractivity contribution is 6.07. The fourth-order valence-electron chi connectivity index (χ4n) is 8.84. The van der Waals surface area contributed by atoms with Crippen molar-refractivity contribution in [3.8, 4) is 27.9 Å². The number of anilines is 2. The van der Waals surface area contributed by atoms with Crippen molar-refractivity contribution in [2.75, 3.05) is 4.90 Å². The van der Waals surface area contributed by atoms with Gasteiger partial charge in [-0.05, 0) is 108 Å². The summed E-state index contributed by atoms with van der Waals surface area (Å²) in [6, 6.07) is 44.8. The van der Waals surface area contributed by atoms with Crippen molar-refractivity contribution in [2.24, 2.45) is 0 Å². The molecule has 6 aromatic rings. The Labute approximate surface area is 289 Å². The Hall–Kier alpha value is -5.60. The molecule has 1 heterocycles. The van der Waals surface area contributed by atoms with Crippen LogP contribution >= 0.6 is 0 Å². The Morgan fingerprint density at radius 2 is 1.24 bits per heavy atom. The average molecular weight is 633 g/mol. The van der Waals surface area contributed by atoms with Crippen molar-refractivity contribution in [3.05, 3.63) is 181 Å². The number of nitrogens with zero attached hydrogens (tertiary/aromatic N) is 2. The number of allylic oxidation sites excluding steroid dienone is 6. The molecule has 49 heavy (non-hydrogen) atoms. The summed E-state index contributed by atoms with van der Waals surface area (Å²) in [5.74, 6) is 0. The van der Waals surface area contributed by atoms with Gasteiger partial charge in [0.15, 0.2) is 0 Å². The van der Waals surface area contributed by atoms with Gasteiger partial charge < -0.3 is 9.47 Å². The van der Waals surface area contributed by atoms with Gasteiger partial charge in [-0.25, -0.2) is 0 Å². The lowest BCUT2D eigenvalue weighted by Crippen LogP contribution is -2.42. The Kier molecular flexibility index (Phi) is 6.78. The van der Waals surface area contributed by atoms with Crippen LogP contribution in [0.15, 0.2) is 164 Å². The maximum atomic E-state index is 2.49. The third-order valence-corrected chi connectivity index (χ3v) is 11.2. The van der Waals surface area contributed by atoms with Crippen LogP contribution in [0.2, 0.25) is 0 Å². The highest BCUT2D eigenvalue weighted by atomic mass is 15.2. The molecule has 9 rings (SSSR count). The third-order valence-electron chi connectivity index (χ3n) is 11.2. The second kappa shape index (κ2) is 11.2. The third kappa shape index (κ3) is 4.54. The van der Waals surface area contributed by atoms with Crippen molar-refractivity contribution >= 4 is 27.9 Å². The molecule has 2 unspecified atom stereocenters. The highest BCUT2D eigenvalue weighted by Crippen LogP contribution is 2.54. The summed E-state index contributed by atoms with van der Waals surface area (Å²) in [7, 11) is 0. The van der Waals surface area contributed by atoms with Crippen molar-refractivity contribution in [1.82, 2.24) is 4.57 Å². The van der Waals surface area contributed by atoms with Crippen LogP contribution in [0.25, 0.3) is 44.4 Å². The first-order chi connectivity index (χ1) is 24.0. The van der Waals surface area contributed by atoms with Gasteiger partial charge in [0, 0.05) is 33.6 Å². The Morgan fingerprint density at radius 1 is 0.592 bits per heavy atom. The zero-order chi connectivity index (χ0) is 33.2. The van der Waals surface area contributed by atoms with E-state index in [2.05, 4.69) is 194 Å². The highest BCUT2D eigenvalue weighted by Gasteiger charge is 2.40. The quantitative estimate of drug-likeness (QED) is 0.184. The van der Waals surface area contributed by atoms with E-state index in [1.54, 1.807) is 0 Å². The Balaban J connectivity index is 1.11. The van der Waals surface area contributed by atoms with Crippen LogP contribution in [-0.2, 0) is 5.41 Å². The van der Waals surface area contributed by atoms with Crippen LogP contribution in [0.1, 0.15) is 43.5 Å². The molecule has 2 nitrogen and oxygen atoms in total. The fraction of sp³-hybridized carbons (Fsp3) is 0.149. The first-order valence-electron chi connectivity index (χ1n) is 17.5. The molecular weight excluding hydrogens is 593 g/mol. The summed E-state index contributed by atoms with van der Waals surface area (Å²) in [6.45, 7) is 7.08. The molecule has 0 spiro atoms. The summed E-state index contributed by atoms with van der Waals surface area (Å²) >= 11 is 0. The molecule has 1 aromatic heterocycles. The molecule has 0 saturated carbocycles. The van der Waals surface area contributed by atoms with Gasteiger partial charge in [0.2, 0.25) is 0 Å². The van der Waals surface area contributed by atoms with E-state index in [0.29, 0.717) is 0 Å². The summed E-state index contributed by atoms with van der Waals surface area (Å²) in [6.07, 6.45) is 17.8. The molecule has 0 bridgehead atoms. The van der Waals surface area contributed by atoms with Crippen LogP contribution < -0.4 is 4.90 Å². The van der Waals surface area contributed by atoms with Crippen LogP contribution in [0.4, 0.5) is 11.4 Å². The number of benzene rings is 5. The van der Waals surface area contributed by atoms with E-state index >= 15 is 0 Å². The smallest absolute Gasteiger partial charge is 0.0642 e. The first-order valence-corrected chi connectivity index (χ1v) is 17.5. The molecule has 5 aromatic carbocycles. The molecule has 238 valence electrons. The first kappa shape index (κ1) is 29.5. The molecule has 2 heteroatoms. The van der Waals surface area contributed by atoms with Gasteiger partial charge in [-0.15, -0.1) is 0 Å². The van der Waals surface area contributed by atoms with Crippen molar-refractivity contribution in [2.45, 2.75) is 44.6 Å². The standard InChI is InChI=1S/C47H40N2/c1-33-45-44-41(39-17-8-9-18-40(39)42-20-10-13-32-47(42,45)3)19-14-21-43(44)48(33)36-26-22-34(23-27-36)35-24-28-38(29-25-35)49(37-15-6-4-7-16-37)46(2)30-11-5-12-31-46/h4-30H,31-32H2,1-3H3. The molecule has 0 N–H and O–H groups in total. The molecule has 0 saturated heterocycles. The van der Waals surface area contributed by atoms with Gasteiger partial charge in [0.05, 0.1) is 11.1 Å². The van der Waals surface area contributed by atoms with E-state index in [0.717, 1.165) is 12.8 Å². The van der Waals surface area contributed by atoms with Gasteiger partial charge in [-0.3, -0.25) is 0 Å². The Bertz CT molecular complexity index is 2350. The second-order valence-electron chi connectivity index (χ2n) is 14.2. The lowest BCUT2D eigenvalue weighted by atomic mass is 9.69. The lowest BCUT2D eigenvalue weighted by molar-refractivity contribution is 0.570. The normalized spacial score (nSPS) is 20.4. The van der Waals surface area contributed by atoms with Crippen LogP contribution in [0.5, 0.6) is 0 Å². The number of hydrogen-bond acceptors (Lipinski definition) is 1. The fourth-order valence-corrected chi connectivity index (χ4v) is 8.84. The molecular formula is C47H40N2. The van der Waals surface area contributed by atoms with Gasteiger partial charge in [0.25, 0.3) is 0 Å². The molecule has 3 aliphatic rings. The number of aromatic nitrogens is 1. The minimum absolute atomic E-state index is 0.110. The molecule has 2 atom stereocenters. The number of para-hydroxylation sites is 1. The average Bonchev–Trinajstić information content (AvgIpc) is 3.40. The SMILES string of the molecule is Cc1c2c3c(cccc3n1-c1ccc(-c3ccc(N(c4ccccc4)C4(C)C=CC=CC4)cc3)cc1)-c1ccccc1C1=CC=CCC12C. The van der Waals surface area contributed by atoms with Crippen molar-refractivity contribution in [1.29, 1.82) is 0 Å². The van der Waals surface area contributed by atoms with Crippen molar-refractivity contribution in [3.63, 3.8) is 0 Å². The van der Waals surface area contributed by atoms with Crippen LogP contribution in [-0.4, -0.2) is 10.1 Å². The van der Waals surface area contributed by atoms with Gasteiger partial charge in [0.1, 0.15) is 0 Å². The van der Waals surface area contributed by atoms with Gasteiger partial charge >= 0.3 is 0 Å². The van der Waals surface area contributed by atoms with Crippen LogP contribution in [0, 0.1) is 6.92 Å². The number of hydrogen-bond donors (Lipinski definition) is 0. The molecule has 0 fully saturated rings. The van der Waals surface area contributed by atoms with E-state index < -0.39 is 0 Å². The second-order valence-corrected chi connectivity index (χ2v) is 14.2. The Morgan fingerprint density at radius 3 is 1.98 bits per heavy atom. The predicted molar refractivity (Wildman–Crippen MR) is 208 cm³/mol. The largest absolute Gasteiger partial charge is 0.332 e. The zero-order valence-electron chi connectivity index (χ0n) is 28.4. The molecule has 0 amide bonds. The monoisotopic (exact) mass is 632 g/mol. The van der Waals surface area contributed by atoms with E-state index in [-0.39, 0.29) is 11.0 Å². The van der Waals surface area contributed by atoms with Crippen LogP contribution in [0.3, 0.4) is 0 Å². The molecule has 0 radical (unpaired) electrons. The van der Waals surface area contributed by atoms with Gasteiger partial charge in [-0.1, -0.05) is 128 Å². The van der Waals surface area contributed by atoms with E-state index in [1.807, 2.05) is 0 Å². The summed E-state index contributed by atoms with van der Waals surface area (Å²) in [5, 5.41) is 1.38. The summed E-state index contributed by atoms with van der Waals surface area (Å²) in [4.78, 5) is 2.46. The number of fused-ring (bicyclic) bond motifs is 5. The zero-order valence-corrected chi connectivity index (χ0v) is 28.4. The maximum absolute atomic E-state index is 2.49. The van der Waals surface area contributed by atoms with Gasteiger partial charge in [-0.2, -0.15) is 0 Å². The van der Waals surface area contributed by atoms with E-state index in [1.165, 1.54) is 72.6 Å².